The van der Waals surface area contributed by atoms with E-state index >= 15 is 0 Å². The fourth-order valence-electron chi connectivity index (χ4n) is 3.03. The number of rotatable bonds is 6. The van der Waals surface area contributed by atoms with Gasteiger partial charge in [-0.1, -0.05) is 12.1 Å². The number of methoxy groups -OCH3 is 1. The number of amides is 1. The summed E-state index contributed by atoms with van der Waals surface area (Å²) in [5.74, 6) is 0.640. The van der Waals surface area contributed by atoms with Gasteiger partial charge in [0.15, 0.2) is 0 Å². The van der Waals surface area contributed by atoms with Gasteiger partial charge in [0.1, 0.15) is 12.1 Å². The van der Waals surface area contributed by atoms with Crippen molar-refractivity contribution in [3.63, 3.8) is 0 Å². The third-order valence-electron chi connectivity index (χ3n) is 4.40. The van der Waals surface area contributed by atoms with Crippen LogP contribution in [-0.2, 0) is 6.42 Å². The monoisotopic (exact) mass is 362 g/mol. The van der Waals surface area contributed by atoms with Gasteiger partial charge in [0.05, 0.1) is 18.4 Å². The molecule has 0 fully saturated rings. The van der Waals surface area contributed by atoms with Crippen molar-refractivity contribution in [3.8, 4) is 11.4 Å². The molecule has 0 aliphatic heterocycles. The van der Waals surface area contributed by atoms with Crippen molar-refractivity contribution in [2.24, 2.45) is 0 Å². The van der Waals surface area contributed by atoms with Gasteiger partial charge in [0.2, 0.25) is 0 Å². The van der Waals surface area contributed by atoms with Gasteiger partial charge >= 0.3 is 0 Å². The maximum absolute atomic E-state index is 12.6. The summed E-state index contributed by atoms with van der Waals surface area (Å²) >= 11 is 0. The number of benzene rings is 2. The highest BCUT2D eigenvalue weighted by molar-refractivity contribution is 5.97. The van der Waals surface area contributed by atoms with E-state index in [0.29, 0.717) is 24.2 Å². The second-order valence-electron chi connectivity index (χ2n) is 6.00. The fraction of sp³-hybridized carbons (Fsp3) is 0.158. The summed E-state index contributed by atoms with van der Waals surface area (Å²) in [6.07, 6.45) is 4.13. The molecule has 136 valence electrons. The molecular formula is C19H18N6O2. The van der Waals surface area contributed by atoms with E-state index in [1.165, 1.54) is 11.0 Å². The molecule has 2 aromatic carbocycles. The Kier molecular flexibility index (Phi) is 4.52. The van der Waals surface area contributed by atoms with Crippen LogP contribution in [0.4, 0.5) is 0 Å². The van der Waals surface area contributed by atoms with Crippen molar-refractivity contribution >= 4 is 16.8 Å². The molecule has 2 N–H and O–H groups in total. The zero-order valence-electron chi connectivity index (χ0n) is 14.7. The smallest absolute Gasteiger partial charge is 0.253 e. The van der Waals surface area contributed by atoms with E-state index in [1.54, 1.807) is 19.2 Å². The molecule has 0 bridgehead atoms. The number of tetrazole rings is 1. The summed E-state index contributed by atoms with van der Waals surface area (Å²) < 4.78 is 6.77. The van der Waals surface area contributed by atoms with E-state index < -0.39 is 0 Å². The Balaban J connectivity index is 1.47. The van der Waals surface area contributed by atoms with Crippen molar-refractivity contribution in [2.45, 2.75) is 6.42 Å². The molecule has 1 amide bonds. The number of H-pyrrole nitrogens is 1. The molecule has 0 radical (unpaired) electrons. The summed E-state index contributed by atoms with van der Waals surface area (Å²) in [5, 5.41) is 15.2. The predicted molar refractivity (Wildman–Crippen MR) is 100 cm³/mol. The molecule has 0 saturated carbocycles. The highest BCUT2D eigenvalue weighted by atomic mass is 16.5. The molecule has 0 spiro atoms. The van der Waals surface area contributed by atoms with E-state index in [0.717, 1.165) is 22.2 Å². The minimum atomic E-state index is -0.168. The Hall–Kier alpha value is -3.68. The van der Waals surface area contributed by atoms with Gasteiger partial charge in [-0.25, -0.2) is 0 Å². The number of carbonyl (C=O) groups is 1. The normalized spacial score (nSPS) is 10.9. The topological polar surface area (TPSA) is 97.7 Å². The lowest BCUT2D eigenvalue weighted by Crippen LogP contribution is -2.26. The highest BCUT2D eigenvalue weighted by Gasteiger charge is 2.13. The molecule has 2 heterocycles. The highest BCUT2D eigenvalue weighted by Crippen LogP contribution is 2.23. The minimum Gasteiger partial charge on any atom is -0.497 e. The van der Waals surface area contributed by atoms with Crippen LogP contribution in [0, 0.1) is 0 Å². The largest absolute Gasteiger partial charge is 0.497 e. The number of aromatic nitrogens is 5. The second kappa shape index (κ2) is 7.28. The van der Waals surface area contributed by atoms with E-state index in [2.05, 4.69) is 25.8 Å². The van der Waals surface area contributed by atoms with Crippen molar-refractivity contribution < 1.29 is 9.53 Å². The van der Waals surface area contributed by atoms with Crippen molar-refractivity contribution in [3.05, 3.63) is 66.1 Å². The Labute approximate surface area is 155 Å². The molecule has 0 aliphatic rings. The average Bonchev–Trinajstić information content (AvgIpc) is 3.38. The van der Waals surface area contributed by atoms with Gasteiger partial charge in [-0.2, -0.15) is 4.68 Å². The number of hydrogen-bond acceptors (Lipinski definition) is 5. The van der Waals surface area contributed by atoms with Crippen LogP contribution in [0.15, 0.2) is 55.0 Å². The van der Waals surface area contributed by atoms with E-state index in [9.17, 15) is 4.79 Å². The van der Waals surface area contributed by atoms with Crippen LogP contribution < -0.4 is 10.1 Å². The summed E-state index contributed by atoms with van der Waals surface area (Å²) in [7, 11) is 1.65. The van der Waals surface area contributed by atoms with Crippen LogP contribution in [0.5, 0.6) is 5.75 Å². The predicted octanol–water partition coefficient (Wildman–Crippen LogP) is 2.12. The Morgan fingerprint density at radius 2 is 2.15 bits per heavy atom. The van der Waals surface area contributed by atoms with Crippen molar-refractivity contribution in [1.29, 1.82) is 0 Å². The number of hydrogen-bond donors (Lipinski definition) is 2. The van der Waals surface area contributed by atoms with Crippen LogP contribution >= 0.6 is 0 Å². The lowest BCUT2D eigenvalue weighted by molar-refractivity contribution is 0.0954. The lowest BCUT2D eigenvalue weighted by atomic mass is 10.1. The standard InChI is InChI=1S/C19H18N6O2/c1-27-14-6-7-17-16(10-14)13(11-21-17)8-9-20-19(26)15-4-2-3-5-18(15)25-12-22-23-24-25/h2-7,10-12,21H,8-9H2,1H3,(H,20,26). The van der Waals surface area contributed by atoms with Gasteiger partial charge in [-0.05, 0) is 52.7 Å². The molecule has 8 heteroatoms. The van der Waals surface area contributed by atoms with Crippen LogP contribution in [0.1, 0.15) is 15.9 Å². The van der Waals surface area contributed by atoms with E-state index in [1.807, 2.05) is 36.5 Å². The molecular weight excluding hydrogens is 344 g/mol. The first kappa shape index (κ1) is 16.8. The van der Waals surface area contributed by atoms with Crippen LogP contribution in [0.25, 0.3) is 16.6 Å². The molecule has 8 nitrogen and oxygen atoms in total. The molecule has 2 aromatic heterocycles. The maximum atomic E-state index is 12.6. The van der Waals surface area contributed by atoms with Gasteiger partial charge in [-0.15, -0.1) is 5.10 Å². The molecule has 4 rings (SSSR count). The number of aromatic amines is 1. The number of nitrogens with one attached hydrogen (secondary N) is 2. The van der Waals surface area contributed by atoms with Gasteiger partial charge in [0, 0.05) is 23.6 Å². The third kappa shape index (κ3) is 3.37. The van der Waals surface area contributed by atoms with Gasteiger partial charge in [0.25, 0.3) is 5.91 Å². The zero-order valence-corrected chi connectivity index (χ0v) is 14.7. The SMILES string of the molecule is COc1ccc2[nH]cc(CCNC(=O)c3ccccc3-n3cnnn3)c2c1. The summed E-state index contributed by atoms with van der Waals surface area (Å²) in [6, 6.07) is 13.1. The minimum absolute atomic E-state index is 0.168. The summed E-state index contributed by atoms with van der Waals surface area (Å²) in [5.41, 5.74) is 3.32. The number of nitrogens with zero attached hydrogens (tertiary/aromatic N) is 4. The van der Waals surface area contributed by atoms with Crippen molar-refractivity contribution in [2.75, 3.05) is 13.7 Å². The Morgan fingerprint density at radius 3 is 2.96 bits per heavy atom. The van der Waals surface area contributed by atoms with E-state index in [4.69, 9.17) is 4.74 Å². The first-order valence-corrected chi connectivity index (χ1v) is 8.51. The van der Waals surface area contributed by atoms with Crippen molar-refractivity contribution in [1.82, 2.24) is 30.5 Å². The summed E-state index contributed by atoms with van der Waals surface area (Å²) in [4.78, 5) is 15.9. The fourth-order valence-corrected chi connectivity index (χ4v) is 3.03. The number of para-hydroxylation sites is 1. The molecule has 0 atom stereocenters. The van der Waals surface area contributed by atoms with Crippen LogP contribution in [-0.4, -0.2) is 44.8 Å². The van der Waals surface area contributed by atoms with E-state index in [-0.39, 0.29) is 5.91 Å². The molecule has 0 unspecified atom stereocenters. The van der Waals surface area contributed by atoms with Crippen LogP contribution in [0.2, 0.25) is 0 Å². The number of fused-ring (bicyclic) bond motifs is 1. The molecule has 27 heavy (non-hydrogen) atoms. The van der Waals surface area contributed by atoms with Crippen LogP contribution in [0.3, 0.4) is 0 Å². The molecule has 4 aromatic rings. The van der Waals surface area contributed by atoms with Gasteiger partial charge in [-0.3, -0.25) is 4.79 Å². The summed E-state index contributed by atoms with van der Waals surface area (Å²) in [6.45, 7) is 0.507. The third-order valence-corrected chi connectivity index (χ3v) is 4.40. The first-order valence-electron chi connectivity index (χ1n) is 8.51. The molecule has 0 saturated heterocycles. The number of ether oxygens (including phenoxy) is 1. The van der Waals surface area contributed by atoms with Gasteiger partial charge < -0.3 is 15.0 Å². The Morgan fingerprint density at radius 1 is 1.26 bits per heavy atom. The average molecular weight is 362 g/mol. The molecule has 0 aliphatic carbocycles. The number of carbonyl (C=O) groups excluding carboxylic acids is 1. The second-order valence-corrected chi connectivity index (χ2v) is 6.00. The first-order chi connectivity index (χ1) is 13.3. The Bertz CT molecular complexity index is 1070. The maximum Gasteiger partial charge on any atom is 0.253 e. The zero-order chi connectivity index (χ0) is 18.6. The quantitative estimate of drug-likeness (QED) is 0.548. The lowest BCUT2D eigenvalue weighted by Gasteiger charge is -2.09.